The summed E-state index contributed by atoms with van der Waals surface area (Å²) in [6, 6.07) is 18.5. The standard InChI is InChI=1S/C22H21N3O2/c1-15-3-5-17(6-4-15)14-24-22(27)19-11-12-23-21(13-19)25-20-9-7-18(8-10-20)16(2)26/h3-13H,14H2,1-2H3,(H,23,25)(H,24,27). The molecule has 2 N–H and O–H groups in total. The number of hydrogen-bond acceptors (Lipinski definition) is 4. The first kappa shape index (κ1) is 18.3. The molecule has 1 amide bonds. The van der Waals surface area contributed by atoms with Crippen LogP contribution in [0.25, 0.3) is 0 Å². The summed E-state index contributed by atoms with van der Waals surface area (Å²) >= 11 is 0. The van der Waals surface area contributed by atoms with Gasteiger partial charge >= 0.3 is 0 Å². The number of ketones is 1. The number of nitrogens with one attached hydrogen (secondary N) is 2. The van der Waals surface area contributed by atoms with E-state index in [0.717, 1.165) is 11.3 Å². The number of Topliss-reactive ketones (excluding diaryl/α,β-unsaturated/α-hetero) is 1. The third-order valence-electron chi connectivity index (χ3n) is 4.16. The third kappa shape index (κ3) is 5.01. The number of aryl methyl sites for hydroxylation is 1. The molecule has 0 spiro atoms. The Kier molecular flexibility index (Phi) is 5.61. The molecule has 0 atom stereocenters. The molecule has 0 aliphatic carbocycles. The Morgan fingerprint density at radius 3 is 2.30 bits per heavy atom. The number of carbonyl (C=O) groups is 2. The van der Waals surface area contributed by atoms with Gasteiger partial charge in [-0.25, -0.2) is 4.98 Å². The van der Waals surface area contributed by atoms with Crippen molar-refractivity contribution in [3.63, 3.8) is 0 Å². The molecule has 3 aromatic rings. The Morgan fingerprint density at radius 2 is 1.63 bits per heavy atom. The lowest BCUT2D eigenvalue weighted by Gasteiger charge is -2.09. The average Bonchev–Trinajstić information content (AvgIpc) is 2.68. The molecule has 0 unspecified atom stereocenters. The van der Waals surface area contributed by atoms with Crippen LogP contribution in [0.5, 0.6) is 0 Å². The molecule has 27 heavy (non-hydrogen) atoms. The van der Waals surface area contributed by atoms with E-state index in [4.69, 9.17) is 0 Å². The highest BCUT2D eigenvalue weighted by atomic mass is 16.1. The Balaban J connectivity index is 1.64. The van der Waals surface area contributed by atoms with Crippen molar-refractivity contribution < 1.29 is 9.59 Å². The molecule has 0 saturated heterocycles. The van der Waals surface area contributed by atoms with Crippen molar-refractivity contribution in [2.45, 2.75) is 20.4 Å². The van der Waals surface area contributed by atoms with Gasteiger partial charge in [0.05, 0.1) is 0 Å². The molecule has 2 aromatic carbocycles. The van der Waals surface area contributed by atoms with Gasteiger partial charge in [0.25, 0.3) is 5.91 Å². The quantitative estimate of drug-likeness (QED) is 0.645. The minimum absolute atomic E-state index is 0.0203. The van der Waals surface area contributed by atoms with Crippen molar-refractivity contribution in [3.8, 4) is 0 Å². The average molecular weight is 359 g/mol. The van der Waals surface area contributed by atoms with Gasteiger partial charge in [0, 0.05) is 29.6 Å². The monoisotopic (exact) mass is 359 g/mol. The molecule has 5 heteroatoms. The van der Waals surface area contributed by atoms with Crippen LogP contribution in [-0.2, 0) is 6.54 Å². The predicted molar refractivity (Wildman–Crippen MR) is 106 cm³/mol. The summed E-state index contributed by atoms with van der Waals surface area (Å²) in [5, 5.41) is 6.06. The van der Waals surface area contributed by atoms with Crippen molar-refractivity contribution in [2.24, 2.45) is 0 Å². The van der Waals surface area contributed by atoms with Crippen LogP contribution in [0.2, 0.25) is 0 Å². The molecule has 0 fully saturated rings. The first-order valence-electron chi connectivity index (χ1n) is 8.69. The highest BCUT2D eigenvalue weighted by molar-refractivity contribution is 5.95. The second kappa shape index (κ2) is 8.27. The molecule has 0 aliphatic rings. The van der Waals surface area contributed by atoms with Crippen LogP contribution in [0.4, 0.5) is 11.5 Å². The van der Waals surface area contributed by atoms with E-state index in [1.807, 2.05) is 43.3 Å². The minimum atomic E-state index is -0.159. The fourth-order valence-corrected chi connectivity index (χ4v) is 2.57. The molecule has 1 aromatic heterocycles. The number of pyridine rings is 1. The molecule has 0 radical (unpaired) electrons. The van der Waals surface area contributed by atoms with Crippen LogP contribution in [0.3, 0.4) is 0 Å². The maximum Gasteiger partial charge on any atom is 0.251 e. The van der Waals surface area contributed by atoms with E-state index in [1.165, 1.54) is 12.5 Å². The van der Waals surface area contributed by atoms with Crippen LogP contribution in [0.1, 0.15) is 38.8 Å². The number of hydrogen-bond donors (Lipinski definition) is 2. The van der Waals surface area contributed by atoms with E-state index in [0.29, 0.717) is 23.5 Å². The molecule has 1 heterocycles. The highest BCUT2D eigenvalue weighted by Crippen LogP contribution is 2.16. The Morgan fingerprint density at radius 1 is 0.926 bits per heavy atom. The fourth-order valence-electron chi connectivity index (χ4n) is 2.57. The molecule has 0 aliphatic heterocycles. The SMILES string of the molecule is CC(=O)c1ccc(Nc2cc(C(=O)NCc3ccc(C)cc3)ccn2)cc1. The number of nitrogens with zero attached hydrogens (tertiary/aromatic N) is 1. The van der Waals surface area contributed by atoms with Gasteiger partial charge in [-0.15, -0.1) is 0 Å². The van der Waals surface area contributed by atoms with Crippen molar-refractivity contribution in [1.29, 1.82) is 0 Å². The third-order valence-corrected chi connectivity index (χ3v) is 4.16. The number of anilines is 2. The van der Waals surface area contributed by atoms with Crippen molar-refractivity contribution in [3.05, 3.63) is 89.1 Å². The Hall–Kier alpha value is -3.47. The lowest BCUT2D eigenvalue weighted by molar-refractivity contribution is 0.0950. The molecule has 3 rings (SSSR count). The number of rotatable bonds is 6. The zero-order chi connectivity index (χ0) is 19.2. The summed E-state index contributed by atoms with van der Waals surface area (Å²) in [5.41, 5.74) is 4.21. The summed E-state index contributed by atoms with van der Waals surface area (Å²) in [6.07, 6.45) is 1.59. The highest BCUT2D eigenvalue weighted by Gasteiger charge is 2.07. The predicted octanol–water partition coefficient (Wildman–Crippen LogP) is 4.27. The van der Waals surface area contributed by atoms with Gasteiger partial charge in [0.15, 0.2) is 5.78 Å². The number of benzene rings is 2. The Bertz CT molecular complexity index is 948. The largest absolute Gasteiger partial charge is 0.348 e. The van der Waals surface area contributed by atoms with E-state index in [2.05, 4.69) is 15.6 Å². The van der Waals surface area contributed by atoms with Gasteiger partial charge < -0.3 is 10.6 Å². The molecule has 5 nitrogen and oxygen atoms in total. The van der Waals surface area contributed by atoms with Crippen molar-refractivity contribution in [1.82, 2.24) is 10.3 Å². The van der Waals surface area contributed by atoms with E-state index >= 15 is 0 Å². The molecule has 0 saturated carbocycles. The van der Waals surface area contributed by atoms with E-state index in [1.54, 1.807) is 30.5 Å². The smallest absolute Gasteiger partial charge is 0.251 e. The van der Waals surface area contributed by atoms with Crippen LogP contribution in [0, 0.1) is 6.92 Å². The van der Waals surface area contributed by atoms with Crippen LogP contribution < -0.4 is 10.6 Å². The zero-order valence-electron chi connectivity index (χ0n) is 15.3. The zero-order valence-corrected chi connectivity index (χ0v) is 15.3. The second-order valence-corrected chi connectivity index (χ2v) is 6.36. The first-order chi connectivity index (χ1) is 13.0. The molecular weight excluding hydrogens is 338 g/mol. The normalized spacial score (nSPS) is 10.3. The van der Waals surface area contributed by atoms with Gasteiger partial charge in [-0.2, -0.15) is 0 Å². The van der Waals surface area contributed by atoms with Crippen molar-refractivity contribution in [2.75, 3.05) is 5.32 Å². The summed E-state index contributed by atoms with van der Waals surface area (Å²) in [7, 11) is 0. The summed E-state index contributed by atoms with van der Waals surface area (Å²) in [5.74, 6) is 0.424. The van der Waals surface area contributed by atoms with Crippen LogP contribution in [-0.4, -0.2) is 16.7 Å². The van der Waals surface area contributed by atoms with Gasteiger partial charge in [-0.05, 0) is 55.8 Å². The number of aromatic nitrogens is 1. The maximum atomic E-state index is 12.4. The fraction of sp³-hybridized carbons (Fsp3) is 0.136. The summed E-state index contributed by atoms with van der Waals surface area (Å²) in [6.45, 7) is 4.03. The molecule has 0 bridgehead atoms. The number of carbonyl (C=O) groups excluding carboxylic acids is 2. The summed E-state index contributed by atoms with van der Waals surface area (Å²) in [4.78, 5) is 28.0. The topological polar surface area (TPSA) is 71.1 Å². The molecular formula is C22H21N3O2. The van der Waals surface area contributed by atoms with E-state index in [9.17, 15) is 9.59 Å². The van der Waals surface area contributed by atoms with E-state index in [-0.39, 0.29) is 11.7 Å². The maximum absolute atomic E-state index is 12.4. The lowest BCUT2D eigenvalue weighted by Crippen LogP contribution is -2.22. The summed E-state index contributed by atoms with van der Waals surface area (Å²) < 4.78 is 0. The first-order valence-corrected chi connectivity index (χ1v) is 8.69. The van der Waals surface area contributed by atoms with Crippen LogP contribution in [0.15, 0.2) is 66.9 Å². The number of amides is 1. The van der Waals surface area contributed by atoms with E-state index < -0.39 is 0 Å². The van der Waals surface area contributed by atoms with Gasteiger partial charge in [0.1, 0.15) is 5.82 Å². The van der Waals surface area contributed by atoms with Crippen LogP contribution >= 0.6 is 0 Å². The van der Waals surface area contributed by atoms with Gasteiger partial charge in [-0.3, -0.25) is 9.59 Å². The van der Waals surface area contributed by atoms with Crippen molar-refractivity contribution >= 4 is 23.2 Å². The Labute approximate surface area is 158 Å². The molecule has 136 valence electrons. The lowest BCUT2D eigenvalue weighted by atomic mass is 10.1. The second-order valence-electron chi connectivity index (χ2n) is 6.36. The minimum Gasteiger partial charge on any atom is -0.348 e. The van der Waals surface area contributed by atoms with Gasteiger partial charge in [-0.1, -0.05) is 29.8 Å². The van der Waals surface area contributed by atoms with Gasteiger partial charge in [0.2, 0.25) is 0 Å².